The van der Waals surface area contributed by atoms with Crippen LogP contribution in [0.5, 0.6) is 0 Å². The molecule has 1 N–H and O–H groups in total. The third-order valence-corrected chi connectivity index (χ3v) is 5.69. The van der Waals surface area contributed by atoms with E-state index in [2.05, 4.69) is 15.5 Å². The SMILES string of the molecule is O=C(CSc1nnc(-c2ccc(F)cc2)o1)Nc1ccc(C(F)(F)F)cc1N1CCCC1. The summed E-state index contributed by atoms with van der Waals surface area (Å²) in [5.74, 6) is -0.703. The Kier molecular flexibility index (Phi) is 6.35. The lowest BCUT2D eigenvalue weighted by atomic mass is 10.1. The summed E-state index contributed by atoms with van der Waals surface area (Å²) in [6.07, 6.45) is -2.70. The van der Waals surface area contributed by atoms with Crippen molar-refractivity contribution >= 4 is 29.0 Å². The standard InChI is InChI=1S/C21H18F4N4O2S/c22-15-6-3-13(4-7-15)19-27-28-20(31-19)32-12-18(30)26-16-8-5-14(21(23,24)25)11-17(16)29-9-1-2-10-29/h3-8,11H,1-2,9-10,12H2,(H,26,30). The topological polar surface area (TPSA) is 71.3 Å². The molecule has 0 bridgehead atoms. The molecule has 1 saturated heterocycles. The second-order valence-electron chi connectivity index (χ2n) is 7.14. The molecule has 4 rings (SSSR count). The van der Waals surface area contributed by atoms with Crippen LogP contribution in [0.2, 0.25) is 0 Å². The minimum absolute atomic E-state index is 0.0779. The Bertz CT molecular complexity index is 1100. The molecule has 1 aliphatic rings. The average molecular weight is 466 g/mol. The zero-order valence-electron chi connectivity index (χ0n) is 16.7. The molecule has 11 heteroatoms. The molecule has 2 aromatic carbocycles. The average Bonchev–Trinajstić information content (AvgIpc) is 3.45. The molecule has 0 radical (unpaired) electrons. The van der Waals surface area contributed by atoms with Gasteiger partial charge >= 0.3 is 6.18 Å². The van der Waals surface area contributed by atoms with E-state index in [0.29, 0.717) is 30.0 Å². The molecule has 2 heterocycles. The number of hydrogen-bond acceptors (Lipinski definition) is 6. The minimum Gasteiger partial charge on any atom is -0.411 e. The van der Waals surface area contributed by atoms with Crippen molar-refractivity contribution in [2.45, 2.75) is 24.2 Å². The zero-order chi connectivity index (χ0) is 22.7. The molecule has 0 saturated carbocycles. The molecule has 1 fully saturated rings. The van der Waals surface area contributed by atoms with E-state index in [4.69, 9.17) is 4.42 Å². The highest BCUT2D eigenvalue weighted by Gasteiger charge is 2.32. The first-order valence-electron chi connectivity index (χ1n) is 9.78. The van der Waals surface area contributed by atoms with Crippen LogP contribution in [0.25, 0.3) is 11.5 Å². The van der Waals surface area contributed by atoms with E-state index < -0.39 is 23.5 Å². The summed E-state index contributed by atoms with van der Waals surface area (Å²) in [5.41, 5.74) is 0.455. The first kappa shape index (κ1) is 22.1. The predicted octanol–water partition coefficient (Wildman–Crippen LogP) is 5.23. The smallest absolute Gasteiger partial charge is 0.411 e. The van der Waals surface area contributed by atoms with Gasteiger partial charge in [0.2, 0.25) is 11.8 Å². The Morgan fingerprint density at radius 2 is 1.81 bits per heavy atom. The number of nitrogens with zero attached hydrogens (tertiary/aromatic N) is 3. The van der Waals surface area contributed by atoms with Crippen LogP contribution < -0.4 is 10.2 Å². The van der Waals surface area contributed by atoms with Crippen molar-refractivity contribution in [1.82, 2.24) is 10.2 Å². The van der Waals surface area contributed by atoms with E-state index in [-0.39, 0.29) is 16.9 Å². The Balaban J connectivity index is 1.42. The number of rotatable bonds is 6. The number of nitrogens with one attached hydrogen (secondary N) is 1. The number of anilines is 2. The van der Waals surface area contributed by atoms with Gasteiger partial charge in [0.05, 0.1) is 22.7 Å². The number of benzene rings is 2. The summed E-state index contributed by atoms with van der Waals surface area (Å²) >= 11 is 0.992. The van der Waals surface area contributed by atoms with Gasteiger partial charge in [-0.3, -0.25) is 4.79 Å². The summed E-state index contributed by atoms with van der Waals surface area (Å²) in [7, 11) is 0. The molecular weight excluding hydrogens is 448 g/mol. The summed E-state index contributed by atoms with van der Waals surface area (Å²) in [6.45, 7) is 1.26. The van der Waals surface area contributed by atoms with Crippen LogP contribution >= 0.6 is 11.8 Å². The molecule has 1 aliphatic heterocycles. The molecular formula is C21H18F4N4O2S. The highest BCUT2D eigenvalue weighted by molar-refractivity contribution is 7.99. The fraction of sp³-hybridized carbons (Fsp3) is 0.286. The number of halogens is 4. The highest BCUT2D eigenvalue weighted by Crippen LogP contribution is 2.37. The lowest BCUT2D eigenvalue weighted by molar-refractivity contribution is -0.137. The van der Waals surface area contributed by atoms with E-state index in [1.54, 1.807) is 0 Å². The second kappa shape index (κ2) is 9.19. The van der Waals surface area contributed by atoms with Gasteiger partial charge in [-0.05, 0) is 55.3 Å². The van der Waals surface area contributed by atoms with E-state index >= 15 is 0 Å². The molecule has 0 aliphatic carbocycles. The lowest BCUT2D eigenvalue weighted by Crippen LogP contribution is -2.22. The van der Waals surface area contributed by atoms with Crippen LogP contribution in [0, 0.1) is 5.82 Å². The molecule has 6 nitrogen and oxygen atoms in total. The first-order chi connectivity index (χ1) is 15.3. The summed E-state index contributed by atoms with van der Waals surface area (Å²) < 4.78 is 58.0. The van der Waals surface area contributed by atoms with E-state index in [1.165, 1.54) is 30.3 Å². The number of carbonyl (C=O) groups excluding carboxylic acids is 1. The predicted molar refractivity (Wildman–Crippen MR) is 112 cm³/mol. The third-order valence-electron chi connectivity index (χ3n) is 4.87. The van der Waals surface area contributed by atoms with Crippen molar-refractivity contribution in [3.63, 3.8) is 0 Å². The number of hydrogen-bond donors (Lipinski definition) is 1. The summed E-state index contributed by atoms with van der Waals surface area (Å²) in [6, 6.07) is 8.82. The molecule has 0 atom stereocenters. The van der Waals surface area contributed by atoms with Gasteiger partial charge in [-0.1, -0.05) is 11.8 Å². The second-order valence-corrected chi connectivity index (χ2v) is 8.07. The van der Waals surface area contributed by atoms with E-state index in [0.717, 1.165) is 36.7 Å². The Morgan fingerprint density at radius 3 is 2.50 bits per heavy atom. The van der Waals surface area contributed by atoms with Gasteiger partial charge in [0.25, 0.3) is 5.22 Å². The Hall–Kier alpha value is -3.08. The van der Waals surface area contributed by atoms with Crippen LogP contribution in [-0.4, -0.2) is 34.9 Å². The number of thioether (sulfide) groups is 1. The van der Waals surface area contributed by atoms with Gasteiger partial charge in [-0.25, -0.2) is 4.39 Å². The number of aromatic nitrogens is 2. The van der Waals surface area contributed by atoms with Crippen molar-refractivity contribution in [2.75, 3.05) is 29.1 Å². The van der Waals surface area contributed by atoms with Crippen molar-refractivity contribution in [3.8, 4) is 11.5 Å². The Morgan fingerprint density at radius 1 is 1.09 bits per heavy atom. The minimum atomic E-state index is -4.47. The monoisotopic (exact) mass is 466 g/mol. The van der Waals surface area contributed by atoms with Crippen molar-refractivity contribution in [1.29, 1.82) is 0 Å². The fourth-order valence-electron chi connectivity index (χ4n) is 3.32. The Labute approximate surface area is 185 Å². The normalized spacial score (nSPS) is 14.1. The quantitative estimate of drug-likeness (QED) is 0.397. The fourth-order valence-corrected chi connectivity index (χ4v) is 3.89. The van der Waals surface area contributed by atoms with E-state index in [1.807, 2.05) is 4.90 Å². The maximum atomic E-state index is 13.2. The van der Waals surface area contributed by atoms with Crippen molar-refractivity contribution in [2.24, 2.45) is 0 Å². The maximum absolute atomic E-state index is 13.2. The molecule has 0 spiro atoms. The van der Waals surface area contributed by atoms with Gasteiger partial charge in [0.15, 0.2) is 0 Å². The number of alkyl halides is 3. The molecule has 3 aromatic rings. The van der Waals surface area contributed by atoms with Crippen LogP contribution in [0.3, 0.4) is 0 Å². The number of carbonyl (C=O) groups is 1. The van der Waals surface area contributed by atoms with Crippen LogP contribution in [-0.2, 0) is 11.0 Å². The zero-order valence-corrected chi connectivity index (χ0v) is 17.5. The van der Waals surface area contributed by atoms with Crippen LogP contribution in [0.15, 0.2) is 52.1 Å². The van der Waals surface area contributed by atoms with Gasteiger partial charge in [-0.15, -0.1) is 10.2 Å². The van der Waals surface area contributed by atoms with Crippen LogP contribution in [0.4, 0.5) is 28.9 Å². The van der Waals surface area contributed by atoms with Crippen molar-refractivity contribution < 1.29 is 26.8 Å². The maximum Gasteiger partial charge on any atom is 0.416 e. The van der Waals surface area contributed by atoms with Gasteiger partial charge in [-0.2, -0.15) is 13.2 Å². The van der Waals surface area contributed by atoms with Gasteiger partial charge < -0.3 is 14.6 Å². The molecule has 0 unspecified atom stereocenters. The van der Waals surface area contributed by atoms with Gasteiger partial charge in [0.1, 0.15) is 5.82 Å². The van der Waals surface area contributed by atoms with E-state index in [9.17, 15) is 22.4 Å². The summed E-state index contributed by atoms with van der Waals surface area (Å²) in [5, 5.41) is 10.6. The molecule has 1 amide bonds. The van der Waals surface area contributed by atoms with Crippen molar-refractivity contribution in [3.05, 3.63) is 53.8 Å². The lowest BCUT2D eigenvalue weighted by Gasteiger charge is -2.23. The number of amides is 1. The molecule has 1 aromatic heterocycles. The van der Waals surface area contributed by atoms with Gasteiger partial charge in [0, 0.05) is 18.7 Å². The molecule has 32 heavy (non-hydrogen) atoms. The highest BCUT2D eigenvalue weighted by atomic mass is 32.2. The summed E-state index contributed by atoms with van der Waals surface area (Å²) in [4.78, 5) is 14.3. The van der Waals surface area contributed by atoms with Crippen LogP contribution in [0.1, 0.15) is 18.4 Å². The molecule has 168 valence electrons. The first-order valence-corrected chi connectivity index (χ1v) is 10.8. The third kappa shape index (κ3) is 5.21. The largest absolute Gasteiger partial charge is 0.416 e.